The molecule has 2 aromatic rings. The summed E-state index contributed by atoms with van der Waals surface area (Å²) < 4.78 is 3.88. The molecule has 1 fully saturated rings. The minimum atomic E-state index is -0.450. The lowest BCUT2D eigenvalue weighted by Gasteiger charge is -2.18. The second-order valence-electron chi connectivity index (χ2n) is 6.32. The Hall–Kier alpha value is -2.71. The van der Waals surface area contributed by atoms with Crippen molar-refractivity contribution in [2.24, 2.45) is 14.1 Å². The fourth-order valence-corrected chi connectivity index (χ4v) is 3.16. The van der Waals surface area contributed by atoms with E-state index in [-0.39, 0.29) is 35.9 Å². The molecule has 0 aromatic carbocycles. The Kier molecular flexibility index (Phi) is 4.56. The van der Waals surface area contributed by atoms with Gasteiger partial charge in [0.05, 0.1) is 6.33 Å². The number of nitrogens with zero attached hydrogens (tertiary/aromatic N) is 5. The van der Waals surface area contributed by atoms with Crippen molar-refractivity contribution in [1.82, 2.24) is 23.6 Å². The number of amides is 2. The lowest BCUT2D eigenvalue weighted by molar-refractivity contribution is -0.144. The van der Waals surface area contributed by atoms with Crippen molar-refractivity contribution in [3.8, 4) is 0 Å². The lowest BCUT2D eigenvalue weighted by Crippen LogP contribution is -2.38. The zero-order chi connectivity index (χ0) is 18.1. The lowest BCUT2D eigenvalue weighted by atomic mass is 10.2. The van der Waals surface area contributed by atoms with Gasteiger partial charge in [-0.25, -0.2) is 9.78 Å². The molecule has 1 aliphatic heterocycles. The van der Waals surface area contributed by atoms with Gasteiger partial charge < -0.3 is 4.57 Å². The number of imidazole rings is 1. The zero-order valence-electron chi connectivity index (χ0n) is 14.4. The Morgan fingerprint density at radius 2 is 1.88 bits per heavy atom. The molecule has 0 bridgehead atoms. The molecule has 0 radical (unpaired) electrons. The van der Waals surface area contributed by atoms with E-state index in [0.29, 0.717) is 13.0 Å². The molecule has 0 spiro atoms. The van der Waals surface area contributed by atoms with Crippen molar-refractivity contribution in [2.75, 3.05) is 6.54 Å². The van der Waals surface area contributed by atoms with Crippen LogP contribution in [-0.4, -0.2) is 41.9 Å². The van der Waals surface area contributed by atoms with Gasteiger partial charge in [0.2, 0.25) is 11.8 Å². The van der Waals surface area contributed by atoms with Gasteiger partial charge in [-0.05, 0) is 12.8 Å². The third-order valence-corrected chi connectivity index (χ3v) is 4.66. The molecule has 0 aliphatic carbocycles. The van der Waals surface area contributed by atoms with Crippen molar-refractivity contribution in [3.63, 3.8) is 0 Å². The van der Waals surface area contributed by atoms with Gasteiger partial charge in [-0.2, -0.15) is 0 Å². The minimum absolute atomic E-state index is 0.100. The SMILES string of the molecule is Cn1c(=O)c2c(ncn2CCC(=O)N2CCCCCC2=O)n(C)c1=O. The summed E-state index contributed by atoms with van der Waals surface area (Å²) in [5, 5.41) is 0. The first-order valence-electron chi connectivity index (χ1n) is 8.36. The van der Waals surface area contributed by atoms with E-state index in [0.717, 1.165) is 23.8 Å². The van der Waals surface area contributed by atoms with Gasteiger partial charge in [0.15, 0.2) is 11.2 Å². The highest BCUT2D eigenvalue weighted by atomic mass is 16.2. The molecule has 0 atom stereocenters. The quantitative estimate of drug-likeness (QED) is 0.762. The van der Waals surface area contributed by atoms with Crippen LogP contribution in [0.4, 0.5) is 0 Å². The van der Waals surface area contributed by atoms with Crippen LogP contribution in [-0.2, 0) is 30.2 Å². The van der Waals surface area contributed by atoms with Gasteiger partial charge in [0.1, 0.15) is 0 Å². The van der Waals surface area contributed by atoms with Gasteiger partial charge in [-0.3, -0.25) is 28.4 Å². The number of carbonyl (C=O) groups excluding carboxylic acids is 2. The zero-order valence-corrected chi connectivity index (χ0v) is 14.4. The van der Waals surface area contributed by atoms with Crippen molar-refractivity contribution >= 4 is 23.0 Å². The van der Waals surface area contributed by atoms with Gasteiger partial charge in [-0.1, -0.05) is 6.42 Å². The maximum atomic E-state index is 12.4. The van der Waals surface area contributed by atoms with E-state index >= 15 is 0 Å². The summed E-state index contributed by atoms with van der Waals surface area (Å²) in [5.41, 5.74) is -0.339. The molecular weight excluding hydrogens is 326 g/mol. The fourth-order valence-electron chi connectivity index (χ4n) is 3.16. The van der Waals surface area contributed by atoms with E-state index in [9.17, 15) is 19.2 Å². The van der Waals surface area contributed by atoms with Crippen LogP contribution in [0.2, 0.25) is 0 Å². The summed E-state index contributed by atoms with van der Waals surface area (Å²) in [6, 6.07) is 0. The van der Waals surface area contributed by atoms with Crippen LogP contribution in [0, 0.1) is 0 Å². The number of likely N-dealkylation sites (tertiary alicyclic amines) is 1. The molecule has 1 aliphatic rings. The molecule has 2 aromatic heterocycles. The summed E-state index contributed by atoms with van der Waals surface area (Å²) in [4.78, 5) is 54.1. The van der Waals surface area contributed by atoms with Gasteiger partial charge in [-0.15, -0.1) is 0 Å². The monoisotopic (exact) mass is 347 g/mol. The van der Waals surface area contributed by atoms with E-state index in [1.165, 1.54) is 22.8 Å². The van der Waals surface area contributed by atoms with Gasteiger partial charge in [0.25, 0.3) is 5.56 Å². The summed E-state index contributed by atoms with van der Waals surface area (Å²) in [6.45, 7) is 0.686. The van der Waals surface area contributed by atoms with E-state index in [2.05, 4.69) is 4.98 Å². The summed E-state index contributed by atoms with van der Waals surface area (Å²) in [5.74, 6) is -0.369. The van der Waals surface area contributed by atoms with Crippen molar-refractivity contribution in [2.45, 2.75) is 38.6 Å². The third kappa shape index (κ3) is 3.01. The van der Waals surface area contributed by atoms with Crippen molar-refractivity contribution < 1.29 is 9.59 Å². The first kappa shape index (κ1) is 17.1. The predicted molar refractivity (Wildman–Crippen MR) is 90.0 cm³/mol. The van der Waals surface area contributed by atoms with Gasteiger partial charge in [0, 0.05) is 40.0 Å². The molecule has 0 unspecified atom stereocenters. The highest BCUT2D eigenvalue weighted by molar-refractivity contribution is 5.95. The van der Waals surface area contributed by atoms with E-state index in [1.54, 1.807) is 11.6 Å². The molecular formula is C16H21N5O4. The molecule has 2 amide bonds. The molecule has 134 valence electrons. The number of hydrogen-bond acceptors (Lipinski definition) is 5. The molecule has 0 saturated carbocycles. The topological polar surface area (TPSA) is 99.2 Å². The predicted octanol–water partition coefficient (Wildman–Crippen LogP) is -0.247. The minimum Gasteiger partial charge on any atom is -0.324 e. The first-order valence-corrected chi connectivity index (χ1v) is 8.36. The normalized spacial score (nSPS) is 15.6. The number of aromatic nitrogens is 4. The maximum absolute atomic E-state index is 12.4. The van der Waals surface area contributed by atoms with Crippen LogP contribution < -0.4 is 11.2 Å². The maximum Gasteiger partial charge on any atom is 0.332 e. The Labute approximate surface area is 143 Å². The Balaban J connectivity index is 1.84. The Morgan fingerprint density at radius 1 is 1.12 bits per heavy atom. The molecule has 25 heavy (non-hydrogen) atoms. The molecule has 3 rings (SSSR count). The van der Waals surface area contributed by atoms with Crippen LogP contribution in [0.15, 0.2) is 15.9 Å². The van der Waals surface area contributed by atoms with E-state index < -0.39 is 11.2 Å². The molecule has 1 saturated heterocycles. The Morgan fingerprint density at radius 3 is 2.64 bits per heavy atom. The number of rotatable bonds is 3. The average molecular weight is 347 g/mol. The highest BCUT2D eigenvalue weighted by Crippen LogP contribution is 2.13. The van der Waals surface area contributed by atoms with Crippen LogP contribution >= 0.6 is 0 Å². The van der Waals surface area contributed by atoms with Crippen molar-refractivity contribution in [3.05, 3.63) is 27.2 Å². The second-order valence-corrected chi connectivity index (χ2v) is 6.32. The summed E-state index contributed by atoms with van der Waals surface area (Å²) in [6.07, 6.45) is 4.55. The molecule has 0 N–H and O–H groups in total. The molecule has 9 heteroatoms. The Bertz CT molecular complexity index is 952. The van der Waals surface area contributed by atoms with Gasteiger partial charge >= 0.3 is 5.69 Å². The number of hydrogen-bond donors (Lipinski definition) is 0. The summed E-state index contributed by atoms with van der Waals surface area (Å²) in [7, 11) is 2.95. The van der Waals surface area contributed by atoms with Crippen LogP contribution in [0.5, 0.6) is 0 Å². The standard InChI is InChI=1S/C16H21N5O4/c1-18-14-13(15(24)19(2)16(18)25)20(10-17-14)9-7-12(23)21-8-5-3-4-6-11(21)22/h10H,3-9H2,1-2H3. The second kappa shape index (κ2) is 6.66. The van der Waals surface area contributed by atoms with Crippen LogP contribution in [0.25, 0.3) is 11.2 Å². The van der Waals surface area contributed by atoms with E-state index in [4.69, 9.17) is 0 Å². The van der Waals surface area contributed by atoms with E-state index in [1.807, 2.05) is 0 Å². The fraction of sp³-hybridized carbons (Fsp3) is 0.562. The highest BCUT2D eigenvalue weighted by Gasteiger charge is 2.23. The van der Waals surface area contributed by atoms with Crippen LogP contribution in [0.3, 0.4) is 0 Å². The number of fused-ring (bicyclic) bond motifs is 1. The molecule has 9 nitrogen and oxygen atoms in total. The first-order chi connectivity index (χ1) is 11.9. The van der Waals surface area contributed by atoms with Crippen molar-refractivity contribution in [1.29, 1.82) is 0 Å². The number of imide groups is 1. The smallest absolute Gasteiger partial charge is 0.324 e. The number of aryl methyl sites for hydroxylation is 2. The third-order valence-electron chi connectivity index (χ3n) is 4.66. The average Bonchev–Trinajstić information content (AvgIpc) is 2.91. The summed E-state index contributed by atoms with van der Waals surface area (Å²) >= 11 is 0. The van der Waals surface area contributed by atoms with Crippen LogP contribution in [0.1, 0.15) is 32.1 Å². The molecule has 3 heterocycles. The number of carbonyl (C=O) groups is 2. The largest absolute Gasteiger partial charge is 0.332 e.